The molecule has 2 rings (SSSR count). The van der Waals surface area contributed by atoms with Gasteiger partial charge in [0, 0.05) is 11.8 Å². The third-order valence-electron chi connectivity index (χ3n) is 3.76. The molecule has 0 aromatic heterocycles. The summed E-state index contributed by atoms with van der Waals surface area (Å²) in [4.78, 5) is 14.2. The minimum absolute atomic E-state index is 0. The van der Waals surface area contributed by atoms with Crippen molar-refractivity contribution >= 4 is 25.1 Å². The van der Waals surface area contributed by atoms with Crippen molar-refractivity contribution in [2.45, 2.75) is 19.4 Å². The van der Waals surface area contributed by atoms with Crippen molar-refractivity contribution in [1.82, 2.24) is 0 Å². The number of anilines is 1. The Hall–Kier alpha value is -2.56. The van der Waals surface area contributed by atoms with Crippen LogP contribution in [0.5, 0.6) is 5.75 Å². The molecule has 0 spiro atoms. The maximum atomic E-state index is 13.3. The van der Waals surface area contributed by atoms with E-state index in [0.29, 0.717) is 17.0 Å². The number of hydrogen-bond donors (Lipinski definition) is 1. The molecule has 4 nitrogen and oxygen atoms in total. The third-order valence-corrected chi connectivity index (χ3v) is 3.76. The smallest absolute Gasteiger partial charge is 0.245 e. The highest BCUT2D eigenvalue weighted by Gasteiger charge is 2.22. The number of carbonyl (C=O) groups is 1. The molecule has 1 amide bonds. The van der Waals surface area contributed by atoms with Crippen LogP contribution in [0.1, 0.15) is 12.5 Å². The minimum atomic E-state index is -0.961. The Morgan fingerprint density at radius 3 is 2.30 bits per heavy atom. The van der Waals surface area contributed by atoms with E-state index in [0.717, 1.165) is 6.07 Å². The maximum Gasteiger partial charge on any atom is 0.245 e. The van der Waals surface area contributed by atoms with Crippen molar-refractivity contribution in [3.05, 3.63) is 59.7 Å². The number of benzene rings is 2. The molecular weight excluding hydrogens is 370 g/mol. The molecular formula is C20H22F2N2O2S. The Kier molecular flexibility index (Phi) is 8.79. The summed E-state index contributed by atoms with van der Waals surface area (Å²) in [6.07, 6.45) is 0.0136. The number of halogens is 2. The monoisotopic (exact) mass is 392 g/mol. The van der Waals surface area contributed by atoms with Gasteiger partial charge in [-0.05, 0) is 55.3 Å². The summed E-state index contributed by atoms with van der Waals surface area (Å²) in [5.41, 5.74) is 6.94. The molecule has 0 saturated heterocycles. The summed E-state index contributed by atoms with van der Waals surface area (Å²) in [5.74, 6) is 4.44. The molecule has 2 aromatic carbocycles. The minimum Gasteiger partial charge on any atom is -0.497 e. The second kappa shape index (κ2) is 10.6. The normalized spacial score (nSPS) is 10.9. The van der Waals surface area contributed by atoms with E-state index in [1.807, 2.05) is 0 Å². The van der Waals surface area contributed by atoms with Crippen LogP contribution < -0.4 is 15.4 Å². The topological polar surface area (TPSA) is 55.6 Å². The van der Waals surface area contributed by atoms with Gasteiger partial charge in [-0.3, -0.25) is 9.69 Å². The first-order valence-corrected chi connectivity index (χ1v) is 8.00. The van der Waals surface area contributed by atoms with E-state index >= 15 is 0 Å². The molecule has 1 atom stereocenters. The Morgan fingerprint density at radius 2 is 1.78 bits per heavy atom. The van der Waals surface area contributed by atoms with Crippen LogP contribution in [-0.2, 0) is 11.2 Å². The van der Waals surface area contributed by atoms with Crippen molar-refractivity contribution < 1.29 is 18.3 Å². The van der Waals surface area contributed by atoms with Crippen molar-refractivity contribution in [2.24, 2.45) is 5.73 Å². The van der Waals surface area contributed by atoms with Crippen molar-refractivity contribution in [1.29, 1.82) is 0 Å². The number of nitrogens with zero attached hydrogens (tertiary/aromatic N) is 1. The predicted molar refractivity (Wildman–Crippen MR) is 107 cm³/mol. The molecule has 0 aliphatic carbocycles. The number of ether oxygens (including phenoxy) is 1. The highest BCUT2D eigenvalue weighted by Crippen LogP contribution is 2.20. The molecule has 0 aliphatic rings. The summed E-state index contributed by atoms with van der Waals surface area (Å²) < 4.78 is 31.8. The Balaban J connectivity index is 0.00000364. The van der Waals surface area contributed by atoms with Crippen molar-refractivity contribution in [2.75, 3.05) is 18.6 Å². The fraction of sp³-hybridized carbons (Fsp3) is 0.250. The SMILES string of the molecule is CC#CCN(C(=O)[C@@H](N)Cc1cc(F)cc(F)c1)c1ccc(OC)cc1.S. The van der Waals surface area contributed by atoms with E-state index in [4.69, 9.17) is 10.5 Å². The number of nitrogens with two attached hydrogens (primary N) is 1. The number of methoxy groups -OCH3 is 1. The lowest BCUT2D eigenvalue weighted by Crippen LogP contribution is -2.45. The average Bonchev–Trinajstić information content (AvgIpc) is 2.61. The zero-order chi connectivity index (χ0) is 19.1. The summed E-state index contributed by atoms with van der Waals surface area (Å²) in [6.45, 7) is 1.83. The van der Waals surface area contributed by atoms with E-state index in [1.165, 1.54) is 17.0 Å². The van der Waals surface area contributed by atoms with Gasteiger partial charge in [0.2, 0.25) is 5.91 Å². The lowest BCUT2D eigenvalue weighted by Gasteiger charge is -2.24. The first-order valence-electron chi connectivity index (χ1n) is 8.00. The van der Waals surface area contributed by atoms with Gasteiger partial charge in [-0.2, -0.15) is 13.5 Å². The quantitative estimate of drug-likeness (QED) is 0.769. The van der Waals surface area contributed by atoms with E-state index in [-0.39, 0.29) is 32.4 Å². The van der Waals surface area contributed by atoms with Gasteiger partial charge in [0.05, 0.1) is 19.7 Å². The molecule has 0 fully saturated rings. The summed E-state index contributed by atoms with van der Waals surface area (Å²) in [5, 5.41) is 0. The van der Waals surface area contributed by atoms with Crippen LogP contribution in [0.25, 0.3) is 0 Å². The van der Waals surface area contributed by atoms with Crippen molar-refractivity contribution in [3.8, 4) is 17.6 Å². The van der Waals surface area contributed by atoms with Gasteiger partial charge in [0.25, 0.3) is 0 Å². The van der Waals surface area contributed by atoms with E-state index in [2.05, 4.69) is 11.8 Å². The summed E-state index contributed by atoms with van der Waals surface area (Å²) >= 11 is 0. The number of amides is 1. The van der Waals surface area contributed by atoms with Gasteiger partial charge in [-0.25, -0.2) is 8.78 Å². The molecule has 0 radical (unpaired) electrons. The molecule has 0 aliphatic heterocycles. The largest absolute Gasteiger partial charge is 0.497 e. The molecule has 0 heterocycles. The van der Waals surface area contributed by atoms with Gasteiger partial charge in [-0.1, -0.05) is 5.92 Å². The van der Waals surface area contributed by atoms with Crippen LogP contribution in [-0.4, -0.2) is 25.6 Å². The Morgan fingerprint density at radius 1 is 1.19 bits per heavy atom. The Bertz CT molecular complexity index is 812. The second-order valence-corrected chi connectivity index (χ2v) is 5.64. The van der Waals surface area contributed by atoms with Crippen LogP contribution in [0.15, 0.2) is 42.5 Å². The Labute approximate surface area is 164 Å². The fourth-order valence-corrected chi connectivity index (χ4v) is 2.49. The van der Waals surface area contributed by atoms with E-state index in [1.54, 1.807) is 38.3 Å². The third kappa shape index (κ3) is 6.27. The molecule has 0 bridgehead atoms. The number of carbonyl (C=O) groups excluding carboxylic acids is 1. The van der Waals surface area contributed by atoms with Crippen LogP contribution in [0, 0.1) is 23.5 Å². The number of rotatable bonds is 6. The zero-order valence-electron chi connectivity index (χ0n) is 15.1. The summed E-state index contributed by atoms with van der Waals surface area (Å²) in [6, 6.07) is 9.05. The average molecular weight is 392 g/mol. The lowest BCUT2D eigenvalue weighted by molar-refractivity contribution is -0.119. The van der Waals surface area contributed by atoms with Gasteiger partial charge in [-0.15, -0.1) is 5.92 Å². The lowest BCUT2D eigenvalue weighted by atomic mass is 10.0. The van der Waals surface area contributed by atoms with Crippen molar-refractivity contribution in [3.63, 3.8) is 0 Å². The predicted octanol–water partition coefficient (Wildman–Crippen LogP) is 3.01. The van der Waals surface area contributed by atoms with Gasteiger partial charge in [0.1, 0.15) is 17.4 Å². The second-order valence-electron chi connectivity index (χ2n) is 5.64. The maximum absolute atomic E-state index is 13.3. The van der Waals surface area contributed by atoms with Crippen LogP contribution >= 0.6 is 13.5 Å². The molecule has 0 unspecified atom stereocenters. The first kappa shape index (κ1) is 22.5. The van der Waals surface area contributed by atoms with Gasteiger partial charge in [0.15, 0.2) is 0 Å². The van der Waals surface area contributed by atoms with Crippen LogP contribution in [0.4, 0.5) is 14.5 Å². The molecule has 7 heteroatoms. The summed E-state index contributed by atoms with van der Waals surface area (Å²) in [7, 11) is 1.55. The number of hydrogen-bond acceptors (Lipinski definition) is 3. The van der Waals surface area contributed by atoms with E-state index in [9.17, 15) is 13.6 Å². The fourth-order valence-electron chi connectivity index (χ4n) is 2.49. The van der Waals surface area contributed by atoms with Crippen LogP contribution in [0.3, 0.4) is 0 Å². The highest BCUT2D eigenvalue weighted by molar-refractivity contribution is 7.59. The van der Waals surface area contributed by atoms with Gasteiger partial charge >= 0.3 is 0 Å². The van der Waals surface area contributed by atoms with Crippen LogP contribution in [0.2, 0.25) is 0 Å². The first-order chi connectivity index (χ1) is 12.4. The standard InChI is InChI=1S/C20H20F2N2O2.H2S/c1-3-4-9-24(17-5-7-18(26-2)8-6-17)20(25)19(23)12-14-10-15(21)13-16(22)11-14;/h5-8,10-11,13,19H,9,12,23H2,1-2H3;1H2/t19-;/m0./s1. The molecule has 2 aromatic rings. The van der Waals surface area contributed by atoms with E-state index < -0.39 is 17.7 Å². The van der Waals surface area contributed by atoms with Gasteiger partial charge < -0.3 is 10.5 Å². The molecule has 2 N–H and O–H groups in total. The molecule has 0 saturated carbocycles. The molecule has 27 heavy (non-hydrogen) atoms. The zero-order valence-corrected chi connectivity index (χ0v) is 16.1. The molecule has 144 valence electrons. The highest BCUT2D eigenvalue weighted by atomic mass is 32.1.